The number of aliphatic carboxylic acids is 1. The molecule has 1 aliphatic carbocycles. The van der Waals surface area contributed by atoms with Crippen LogP contribution in [0.3, 0.4) is 0 Å². The van der Waals surface area contributed by atoms with E-state index in [1.807, 2.05) is 0 Å². The predicted molar refractivity (Wildman–Crippen MR) is 126 cm³/mol. The van der Waals surface area contributed by atoms with Gasteiger partial charge in [-0.15, -0.1) is 0 Å². The van der Waals surface area contributed by atoms with Gasteiger partial charge in [0, 0.05) is 24.2 Å². The number of carbonyl (C=O) groups excluding carboxylic acids is 2. The zero-order valence-corrected chi connectivity index (χ0v) is 20.2. The van der Waals surface area contributed by atoms with E-state index in [2.05, 4.69) is 10.6 Å². The first-order chi connectivity index (χ1) is 17.0. The molecule has 3 N–H and O–H groups in total. The molecule has 2 aromatic carbocycles. The van der Waals surface area contributed by atoms with Gasteiger partial charge in [0.2, 0.25) is 0 Å². The number of hydrogen-bond donors (Lipinski definition) is 3. The summed E-state index contributed by atoms with van der Waals surface area (Å²) in [5.41, 5.74) is 0.0676. The number of rotatable bonds is 8. The van der Waals surface area contributed by atoms with Gasteiger partial charge in [0.1, 0.15) is 5.75 Å². The van der Waals surface area contributed by atoms with Crippen LogP contribution < -0.4 is 15.4 Å². The van der Waals surface area contributed by atoms with Gasteiger partial charge in [-0.3, -0.25) is 14.4 Å². The molecule has 36 heavy (non-hydrogen) atoms. The Kier molecular flexibility index (Phi) is 8.84. The molecule has 0 radical (unpaired) electrons. The van der Waals surface area contributed by atoms with Gasteiger partial charge < -0.3 is 20.5 Å². The van der Waals surface area contributed by atoms with Crippen molar-refractivity contribution >= 4 is 29.4 Å². The quantitative estimate of drug-likeness (QED) is 0.427. The SMILES string of the molecule is Cc1cc(OC2CCC(C(=O)O)CC2)ccc1C(=O)NCCNC(=O)c1ccc(C(F)(F)F)c(Cl)c1. The average molecular weight is 527 g/mol. The van der Waals surface area contributed by atoms with Crippen molar-refractivity contribution in [3.05, 3.63) is 63.7 Å². The summed E-state index contributed by atoms with van der Waals surface area (Å²) < 4.78 is 44.3. The number of benzene rings is 2. The maximum atomic E-state index is 12.8. The third-order valence-electron chi connectivity index (χ3n) is 6.00. The van der Waals surface area contributed by atoms with Crippen LogP contribution in [0.5, 0.6) is 5.75 Å². The van der Waals surface area contributed by atoms with E-state index in [-0.39, 0.29) is 36.6 Å². The van der Waals surface area contributed by atoms with Crippen LogP contribution in [0.1, 0.15) is 57.5 Å². The second-order valence-corrected chi connectivity index (χ2v) is 9.02. The Hall–Kier alpha value is -3.27. The molecule has 1 aliphatic rings. The molecule has 194 valence electrons. The largest absolute Gasteiger partial charge is 0.490 e. The summed E-state index contributed by atoms with van der Waals surface area (Å²) in [5.74, 6) is -1.47. The summed E-state index contributed by atoms with van der Waals surface area (Å²) in [6.45, 7) is 1.92. The zero-order chi connectivity index (χ0) is 26.5. The highest BCUT2D eigenvalue weighted by Gasteiger charge is 2.33. The van der Waals surface area contributed by atoms with Gasteiger partial charge in [0.25, 0.3) is 11.8 Å². The summed E-state index contributed by atoms with van der Waals surface area (Å²) in [5, 5.41) is 13.7. The maximum absolute atomic E-state index is 12.8. The van der Waals surface area contributed by atoms with E-state index in [0.717, 1.165) is 18.2 Å². The predicted octanol–water partition coefficient (Wildman–Crippen LogP) is 4.85. The molecule has 0 aromatic heterocycles. The summed E-state index contributed by atoms with van der Waals surface area (Å²) >= 11 is 5.64. The average Bonchev–Trinajstić information content (AvgIpc) is 2.81. The van der Waals surface area contributed by atoms with E-state index in [1.165, 1.54) is 0 Å². The number of halogens is 4. The number of ether oxygens (including phenoxy) is 1. The van der Waals surface area contributed by atoms with Crippen molar-refractivity contribution in [1.82, 2.24) is 10.6 Å². The fraction of sp³-hybridized carbons (Fsp3) is 0.400. The standard InChI is InChI=1S/C25H26ClF3N2O5/c1-14-12-18(36-17-5-2-15(3-6-17)24(34)35)7-8-19(14)23(33)31-11-10-30-22(32)16-4-9-20(21(26)13-16)25(27,28)29/h4,7-9,12-13,15,17H,2-3,5-6,10-11H2,1H3,(H,30,32)(H,31,33)(H,34,35). The molecule has 11 heteroatoms. The van der Waals surface area contributed by atoms with E-state index in [4.69, 9.17) is 21.4 Å². The lowest BCUT2D eigenvalue weighted by Gasteiger charge is -2.27. The summed E-state index contributed by atoms with van der Waals surface area (Å²) in [7, 11) is 0. The van der Waals surface area contributed by atoms with E-state index < -0.39 is 28.6 Å². The molecule has 0 unspecified atom stereocenters. The number of carboxylic acid groups (broad SMARTS) is 1. The molecule has 2 amide bonds. The van der Waals surface area contributed by atoms with Gasteiger partial charge >= 0.3 is 12.1 Å². The number of alkyl halides is 3. The Morgan fingerprint density at radius 2 is 1.64 bits per heavy atom. The number of hydrogen-bond acceptors (Lipinski definition) is 4. The summed E-state index contributed by atoms with van der Waals surface area (Å²) in [6.07, 6.45) is -2.22. The second kappa shape index (κ2) is 11.6. The second-order valence-electron chi connectivity index (χ2n) is 8.61. The third-order valence-corrected chi connectivity index (χ3v) is 6.31. The molecule has 2 aromatic rings. The van der Waals surface area contributed by atoms with Crippen LogP contribution in [0.25, 0.3) is 0 Å². The molecule has 0 aliphatic heterocycles. The highest BCUT2D eigenvalue weighted by Crippen LogP contribution is 2.35. The van der Waals surface area contributed by atoms with Crippen LogP contribution in [0.4, 0.5) is 13.2 Å². The van der Waals surface area contributed by atoms with Crippen LogP contribution in [0.15, 0.2) is 36.4 Å². The molecule has 3 rings (SSSR count). The zero-order valence-electron chi connectivity index (χ0n) is 19.5. The van der Waals surface area contributed by atoms with Crippen molar-refractivity contribution in [2.24, 2.45) is 5.92 Å². The van der Waals surface area contributed by atoms with Crippen molar-refractivity contribution in [1.29, 1.82) is 0 Å². The molecule has 0 heterocycles. The molecule has 0 bridgehead atoms. The first-order valence-corrected chi connectivity index (χ1v) is 11.8. The Balaban J connectivity index is 1.46. The number of aryl methyl sites for hydroxylation is 1. The minimum absolute atomic E-state index is 0.0257. The van der Waals surface area contributed by atoms with Crippen LogP contribution in [0.2, 0.25) is 5.02 Å². The molecule has 1 saturated carbocycles. The molecular weight excluding hydrogens is 501 g/mol. The monoisotopic (exact) mass is 526 g/mol. The highest BCUT2D eigenvalue weighted by molar-refractivity contribution is 6.31. The molecule has 0 spiro atoms. The van der Waals surface area contributed by atoms with Crippen LogP contribution in [-0.4, -0.2) is 42.1 Å². The number of carbonyl (C=O) groups is 3. The minimum atomic E-state index is -4.61. The number of nitrogens with one attached hydrogen (secondary N) is 2. The minimum Gasteiger partial charge on any atom is -0.490 e. The lowest BCUT2D eigenvalue weighted by molar-refractivity contribution is -0.143. The van der Waals surface area contributed by atoms with E-state index >= 15 is 0 Å². The van der Waals surface area contributed by atoms with Gasteiger partial charge in [0.05, 0.1) is 22.6 Å². The van der Waals surface area contributed by atoms with Gasteiger partial charge in [-0.25, -0.2) is 0 Å². The lowest BCUT2D eigenvalue weighted by Crippen LogP contribution is -2.35. The third kappa shape index (κ3) is 7.13. The Morgan fingerprint density at radius 1 is 1.00 bits per heavy atom. The Bertz CT molecular complexity index is 1130. The number of carboxylic acids is 1. The fourth-order valence-corrected chi connectivity index (χ4v) is 4.31. The fourth-order valence-electron chi connectivity index (χ4n) is 4.02. The molecular formula is C25H26ClF3N2O5. The van der Waals surface area contributed by atoms with Crippen molar-refractivity contribution in [2.45, 2.75) is 44.9 Å². The van der Waals surface area contributed by atoms with Crippen LogP contribution >= 0.6 is 11.6 Å². The maximum Gasteiger partial charge on any atom is 0.417 e. The normalized spacial score (nSPS) is 17.8. The first-order valence-electron chi connectivity index (χ1n) is 11.4. The van der Waals surface area contributed by atoms with Crippen molar-refractivity contribution in [2.75, 3.05) is 13.1 Å². The van der Waals surface area contributed by atoms with Gasteiger partial charge in [-0.2, -0.15) is 13.2 Å². The summed E-state index contributed by atoms with van der Waals surface area (Å²) in [4.78, 5) is 35.8. The topological polar surface area (TPSA) is 105 Å². The van der Waals surface area contributed by atoms with Crippen molar-refractivity contribution in [3.63, 3.8) is 0 Å². The molecule has 1 fully saturated rings. The molecule has 0 atom stereocenters. The van der Waals surface area contributed by atoms with E-state index in [9.17, 15) is 27.6 Å². The molecule has 7 nitrogen and oxygen atoms in total. The first kappa shape index (κ1) is 27.3. The van der Waals surface area contributed by atoms with Gasteiger partial charge in [-0.1, -0.05) is 11.6 Å². The molecule has 0 saturated heterocycles. The van der Waals surface area contributed by atoms with Crippen LogP contribution in [0, 0.1) is 12.8 Å². The van der Waals surface area contributed by atoms with E-state index in [0.29, 0.717) is 42.6 Å². The highest BCUT2D eigenvalue weighted by atomic mass is 35.5. The van der Waals surface area contributed by atoms with Crippen LogP contribution in [-0.2, 0) is 11.0 Å². The Labute approximate surface area is 211 Å². The Morgan fingerprint density at radius 3 is 2.19 bits per heavy atom. The number of amides is 2. The smallest absolute Gasteiger partial charge is 0.417 e. The van der Waals surface area contributed by atoms with Crippen molar-refractivity contribution < 1.29 is 37.4 Å². The van der Waals surface area contributed by atoms with Gasteiger partial charge in [0.15, 0.2) is 0 Å². The summed E-state index contributed by atoms with van der Waals surface area (Å²) in [6, 6.07) is 7.79. The lowest BCUT2D eigenvalue weighted by atomic mass is 9.87. The van der Waals surface area contributed by atoms with Crippen molar-refractivity contribution in [3.8, 4) is 5.75 Å². The van der Waals surface area contributed by atoms with Gasteiger partial charge in [-0.05, 0) is 74.6 Å². The van der Waals surface area contributed by atoms with E-state index in [1.54, 1.807) is 25.1 Å².